The van der Waals surface area contributed by atoms with Crippen molar-refractivity contribution in [3.63, 3.8) is 0 Å². The van der Waals surface area contributed by atoms with Crippen LogP contribution in [0.1, 0.15) is 25.3 Å². The van der Waals surface area contributed by atoms with E-state index in [4.69, 9.17) is 4.74 Å². The van der Waals surface area contributed by atoms with Crippen LogP contribution in [0.15, 0.2) is 30.3 Å². The lowest BCUT2D eigenvalue weighted by Crippen LogP contribution is -2.11. The molecule has 2 atom stereocenters. The zero-order valence-electron chi connectivity index (χ0n) is 8.07. The van der Waals surface area contributed by atoms with Gasteiger partial charge in [0.1, 0.15) is 0 Å². The van der Waals surface area contributed by atoms with E-state index < -0.39 is 0 Å². The Morgan fingerprint density at radius 2 is 2.00 bits per heavy atom. The lowest BCUT2D eigenvalue weighted by molar-refractivity contribution is 0.0564. The third kappa shape index (κ3) is 2.31. The molecule has 2 rings (SSSR count). The summed E-state index contributed by atoms with van der Waals surface area (Å²) in [6.45, 7) is 2.16. The van der Waals surface area contributed by atoms with Gasteiger partial charge in [0.2, 0.25) is 0 Å². The SMILES string of the molecule is CC1CCC(Cc2ccccc2)O1. The second kappa shape index (κ2) is 3.93. The first kappa shape index (κ1) is 8.76. The Morgan fingerprint density at radius 1 is 1.23 bits per heavy atom. The second-order valence-corrected chi connectivity index (χ2v) is 3.84. The fraction of sp³-hybridized carbons (Fsp3) is 0.500. The maximum absolute atomic E-state index is 5.77. The summed E-state index contributed by atoms with van der Waals surface area (Å²) in [4.78, 5) is 0. The number of rotatable bonds is 2. The summed E-state index contributed by atoms with van der Waals surface area (Å²) in [6.07, 6.45) is 4.43. The zero-order chi connectivity index (χ0) is 9.10. The van der Waals surface area contributed by atoms with Gasteiger partial charge in [0.25, 0.3) is 0 Å². The first-order chi connectivity index (χ1) is 6.34. The number of ether oxygens (including phenoxy) is 1. The van der Waals surface area contributed by atoms with Crippen molar-refractivity contribution >= 4 is 0 Å². The lowest BCUT2D eigenvalue weighted by Gasteiger charge is -2.10. The third-order valence-electron chi connectivity index (χ3n) is 2.63. The van der Waals surface area contributed by atoms with E-state index in [1.807, 2.05) is 0 Å². The smallest absolute Gasteiger partial charge is 0.0620 e. The molecule has 1 fully saturated rings. The molecule has 1 aliphatic heterocycles. The summed E-state index contributed by atoms with van der Waals surface area (Å²) in [5, 5.41) is 0. The highest BCUT2D eigenvalue weighted by Crippen LogP contribution is 2.22. The van der Waals surface area contributed by atoms with Gasteiger partial charge in [0, 0.05) is 0 Å². The molecule has 1 aromatic carbocycles. The fourth-order valence-corrected chi connectivity index (χ4v) is 1.91. The van der Waals surface area contributed by atoms with E-state index in [-0.39, 0.29) is 0 Å². The van der Waals surface area contributed by atoms with Gasteiger partial charge in [-0.3, -0.25) is 0 Å². The molecule has 1 aliphatic rings. The van der Waals surface area contributed by atoms with Crippen LogP contribution in [0.4, 0.5) is 0 Å². The van der Waals surface area contributed by atoms with Crippen molar-refractivity contribution in [2.75, 3.05) is 0 Å². The van der Waals surface area contributed by atoms with Gasteiger partial charge < -0.3 is 4.74 Å². The van der Waals surface area contributed by atoms with E-state index in [1.54, 1.807) is 0 Å². The molecule has 1 saturated heterocycles. The predicted molar refractivity (Wildman–Crippen MR) is 53.7 cm³/mol. The molecule has 1 aromatic rings. The molecule has 0 N–H and O–H groups in total. The average molecular weight is 176 g/mol. The molecule has 0 spiro atoms. The van der Waals surface area contributed by atoms with Crippen LogP contribution in [-0.2, 0) is 11.2 Å². The molecular formula is C12H16O. The Balaban J connectivity index is 1.92. The van der Waals surface area contributed by atoms with E-state index in [0.29, 0.717) is 12.2 Å². The fourth-order valence-electron chi connectivity index (χ4n) is 1.91. The molecule has 0 bridgehead atoms. The van der Waals surface area contributed by atoms with E-state index in [1.165, 1.54) is 18.4 Å². The Morgan fingerprint density at radius 3 is 2.62 bits per heavy atom. The van der Waals surface area contributed by atoms with E-state index in [0.717, 1.165) is 6.42 Å². The largest absolute Gasteiger partial charge is 0.375 e. The van der Waals surface area contributed by atoms with E-state index in [9.17, 15) is 0 Å². The van der Waals surface area contributed by atoms with Gasteiger partial charge in [-0.05, 0) is 31.7 Å². The van der Waals surface area contributed by atoms with Crippen molar-refractivity contribution < 1.29 is 4.74 Å². The summed E-state index contributed by atoms with van der Waals surface area (Å²) in [7, 11) is 0. The van der Waals surface area contributed by atoms with Crippen LogP contribution in [-0.4, -0.2) is 12.2 Å². The average Bonchev–Trinajstić information content (AvgIpc) is 2.53. The molecule has 0 aliphatic carbocycles. The monoisotopic (exact) mass is 176 g/mol. The molecule has 2 unspecified atom stereocenters. The Bertz CT molecular complexity index is 255. The molecule has 0 amide bonds. The van der Waals surface area contributed by atoms with Gasteiger partial charge in [-0.25, -0.2) is 0 Å². The van der Waals surface area contributed by atoms with E-state index >= 15 is 0 Å². The third-order valence-corrected chi connectivity index (χ3v) is 2.63. The van der Waals surface area contributed by atoms with Crippen LogP contribution in [0, 0.1) is 0 Å². The minimum Gasteiger partial charge on any atom is -0.375 e. The van der Waals surface area contributed by atoms with Crippen LogP contribution >= 0.6 is 0 Å². The topological polar surface area (TPSA) is 9.23 Å². The van der Waals surface area contributed by atoms with Crippen molar-refractivity contribution in [3.8, 4) is 0 Å². The van der Waals surface area contributed by atoms with Gasteiger partial charge in [-0.15, -0.1) is 0 Å². The molecule has 0 aromatic heterocycles. The zero-order valence-corrected chi connectivity index (χ0v) is 8.07. The van der Waals surface area contributed by atoms with Crippen molar-refractivity contribution in [2.24, 2.45) is 0 Å². The van der Waals surface area contributed by atoms with Crippen molar-refractivity contribution in [2.45, 2.75) is 38.4 Å². The second-order valence-electron chi connectivity index (χ2n) is 3.84. The molecule has 70 valence electrons. The predicted octanol–water partition coefficient (Wildman–Crippen LogP) is 2.80. The highest BCUT2D eigenvalue weighted by molar-refractivity contribution is 5.15. The summed E-state index contributed by atoms with van der Waals surface area (Å²) in [5.74, 6) is 0. The quantitative estimate of drug-likeness (QED) is 0.673. The van der Waals surface area contributed by atoms with E-state index in [2.05, 4.69) is 37.3 Å². The maximum Gasteiger partial charge on any atom is 0.0620 e. The van der Waals surface area contributed by atoms with Gasteiger partial charge in [0.05, 0.1) is 12.2 Å². The normalized spacial score (nSPS) is 27.8. The minimum atomic E-state index is 0.456. The Labute approximate surface area is 79.7 Å². The molecule has 0 radical (unpaired) electrons. The summed E-state index contributed by atoms with van der Waals surface area (Å²) < 4.78 is 5.77. The minimum absolute atomic E-state index is 0.456. The van der Waals surface area contributed by atoms with Crippen LogP contribution in [0.3, 0.4) is 0 Å². The maximum atomic E-state index is 5.77. The van der Waals surface area contributed by atoms with Crippen LogP contribution < -0.4 is 0 Å². The molecule has 1 heterocycles. The van der Waals surface area contributed by atoms with Crippen LogP contribution in [0.5, 0.6) is 0 Å². The van der Waals surface area contributed by atoms with Gasteiger partial charge >= 0.3 is 0 Å². The summed E-state index contributed by atoms with van der Waals surface area (Å²) in [6, 6.07) is 10.6. The molecule has 1 nitrogen and oxygen atoms in total. The summed E-state index contributed by atoms with van der Waals surface area (Å²) in [5.41, 5.74) is 1.39. The number of hydrogen-bond donors (Lipinski definition) is 0. The highest BCUT2D eigenvalue weighted by atomic mass is 16.5. The van der Waals surface area contributed by atoms with Crippen LogP contribution in [0.25, 0.3) is 0 Å². The molecule has 1 heteroatoms. The first-order valence-electron chi connectivity index (χ1n) is 5.04. The Hall–Kier alpha value is -0.820. The molecule has 0 saturated carbocycles. The van der Waals surface area contributed by atoms with Gasteiger partial charge in [-0.1, -0.05) is 30.3 Å². The number of hydrogen-bond acceptors (Lipinski definition) is 1. The molecular weight excluding hydrogens is 160 g/mol. The Kier molecular flexibility index (Phi) is 2.65. The standard InChI is InChI=1S/C12H16O/c1-10-7-8-12(13-10)9-11-5-3-2-4-6-11/h2-6,10,12H,7-9H2,1H3. The van der Waals surface area contributed by atoms with Crippen molar-refractivity contribution in [3.05, 3.63) is 35.9 Å². The van der Waals surface area contributed by atoms with Crippen molar-refractivity contribution in [1.29, 1.82) is 0 Å². The van der Waals surface area contributed by atoms with Gasteiger partial charge in [-0.2, -0.15) is 0 Å². The summed E-state index contributed by atoms with van der Waals surface area (Å²) >= 11 is 0. The highest BCUT2D eigenvalue weighted by Gasteiger charge is 2.21. The number of benzene rings is 1. The van der Waals surface area contributed by atoms with Crippen molar-refractivity contribution in [1.82, 2.24) is 0 Å². The lowest BCUT2D eigenvalue weighted by atomic mass is 10.1. The first-order valence-corrected chi connectivity index (χ1v) is 5.04. The van der Waals surface area contributed by atoms with Crippen LogP contribution in [0.2, 0.25) is 0 Å². The van der Waals surface area contributed by atoms with Gasteiger partial charge in [0.15, 0.2) is 0 Å². The molecule has 13 heavy (non-hydrogen) atoms.